The van der Waals surface area contributed by atoms with Crippen LogP contribution in [0.5, 0.6) is 0 Å². The first-order chi connectivity index (χ1) is 15.5. The summed E-state index contributed by atoms with van der Waals surface area (Å²) in [6.07, 6.45) is 1.56. The highest BCUT2D eigenvalue weighted by Gasteiger charge is 2.24. The normalized spacial score (nSPS) is 13.9. The molecule has 3 aromatic rings. The number of hydrogen-bond acceptors (Lipinski definition) is 4. The summed E-state index contributed by atoms with van der Waals surface area (Å²) < 4.78 is 13.2. The highest BCUT2D eigenvalue weighted by molar-refractivity contribution is 6.15. The fourth-order valence-corrected chi connectivity index (χ4v) is 3.93. The SMILES string of the molecule is N#Cc1ccc(N2CCC(NC(=O)c3ccccc3C(=O)c3ccc(F)cc3)CC2)cc1. The number of ketones is 1. The molecule has 32 heavy (non-hydrogen) atoms. The number of benzene rings is 3. The second-order valence-electron chi connectivity index (χ2n) is 7.78. The van der Waals surface area contributed by atoms with Crippen LogP contribution in [0.1, 0.15) is 44.7 Å². The lowest BCUT2D eigenvalue weighted by atomic mass is 9.97. The Hall–Kier alpha value is -3.98. The number of nitrogens with zero attached hydrogens (tertiary/aromatic N) is 2. The van der Waals surface area contributed by atoms with Crippen molar-refractivity contribution >= 4 is 17.4 Å². The topological polar surface area (TPSA) is 73.2 Å². The highest BCUT2D eigenvalue weighted by atomic mass is 19.1. The van der Waals surface area contributed by atoms with Crippen molar-refractivity contribution in [2.75, 3.05) is 18.0 Å². The summed E-state index contributed by atoms with van der Waals surface area (Å²) in [5, 5.41) is 12.0. The van der Waals surface area contributed by atoms with Gasteiger partial charge in [-0.3, -0.25) is 9.59 Å². The molecule has 1 amide bonds. The summed E-state index contributed by atoms with van der Waals surface area (Å²) in [5.41, 5.74) is 2.64. The van der Waals surface area contributed by atoms with Gasteiger partial charge in [0.15, 0.2) is 5.78 Å². The van der Waals surface area contributed by atoms with E-state index >= 15 is 0 Å². The van der Waals surface area contributed by atoms with Crippen molar-refractivity contribution in [2.24, 2.45) is 0 Å². The maximum atomic E-state index is 13.2. The molecule has 0 aliphatic carbocycles. The maximum absolute atomic E-state index is 13.2. The fraction of sp³-hybridized carbons (Fsp3) is 0.192. The van der Waals surface area contributed by atoms with Gasteiger partial charge >= 0.3 is 0 Å². The minimum atomic E-state index is -0.417. The lowest BCUT2D eigenvalue weighted by Crippen LogP contribution is -2.45. The lowest BCUT2D eigenvalue weighted by Gasteiger charge is -2.34. The van der Waals surface area contributed by atoms with Gasteiger partial charge in [-0.15, -0.1) is 0 Å². The Morgan fingerprint density at radius 3 is 2.16 bits per heavy atom. The van der Waals surface area contributed by atoms with E-state index in [9.17, 15) is 14.0 Å². The zero-order valence-corrected chi connectivity index (χ0v) is 17.4. The second kappa shape index (κ2) is 9.44. The molecule has 0 spiro atoms. The van der Waals surface area contributed by atoms with Crippen LogP contribution < -0.4 is 10.2 Å². The van der Waals surface area contributed by atoms with Gasteiger partial charge < -0.3 is 10.2 Å². The van der Waals surface area contributed by atoms with Gasteiger partial charge in [0.2, 0.25) is 0 Å². The first-order valence-electron chi connectivity index (χ1n) is 10.5. The highest BCUT2D eigenvalue weighted by Crippen LogP contribution is 2.21. The summed E-state index contributed by atoms with van der Waals surface area (Å²) >= 11 is 0. The van der Waals surface area contributed by atoms with Crippen molar-refractivity contribution in [1.82, 2.24) is 5.32 Å². The van der Waals surface area contributed by atoms with Gasteiger partial charge in [-0.1, -0.05) is 18.2 Å². The summed E-state index contributed by atoms with van der Waals surface area (Å²) in [7, 11) is 0. The lowest BCUT2D eigenvalue weighted by molar-refractivity contribution is 0.0921. The van der Waals surface area contributed by atoms with Crippen molar-refractivity contribution in [3.05, 3.63) is 101 Å². The van der Waals surface area contributed by atoms with Crippen LogP contribution in [0, 0.1) is 17.1 Å². The zero-order valence-electron chi connectivity index (χ0n) is 17.4. The van der Waals surface area contributed by atoms with Crippen LogP contribution in [-0.2, 0) is 0 Å². The van der Waals surface area contributed by atoms with Gasteiger partial charge in [0, 0.05) is 35.9 Å². The molecular weight excluding hydrogens is 405 g/mol. The van der Waals surface area contributed by atoms with E-state index in [0.29, 0.717) is 22.3 Å². The molecule has 0 bridgehead atoms. The van der Waals surface area contributed by atoms with Crippen LogP contribution in [0.25, 0.3) is 0 Å². The van der Waals surface area contributed by atoms with Crippen LogP contribution >= 0.6 is 0 Å². The standard InChI is InChI=1S/C26H22FN3O2/c27-20-9-7-19(8-10-20)25(31)23-3-1-2-4-24(23)26(32)29-21-13-15-30(16-14-21)22-11-5-18(17-28)6-12-22/h1-12,21H,13-16H2,(H,29,32). The van der Waals surface area contributed by atoms with Gasteiger partial charge in [-0.2, -0.15) is 5.26 Å². The Balaban J connectivity index is 1.41. The number of amides is 1. The molecule has 160 valence electrons. The third-order valence-corrected chi connectivity index (χ3v) is 5.71. The van der Waals surface area contributed by atoms with E-state index in [1.807, 2.05) is 12.1 Å². The Kier molecular flexibility index (Phi) is 6.27. The Morgan fingerprint density at radius 2 is 1.53 bits per heavy atom. The maximum Gasteiger partial charge on any atom is 0.252 e. The van der Waals surface area contributed by atoms with Crippen LogP contribution in [0.15, 0.2) is 72.8 Å². The molecule has 5 nitrogen and oxygen atoms in total. The molecule has 0 unspecified atom stereocenters. The summed E-state index contributed by atoms with van der Waals surface area (Å²) in [6.45, 7) is 1.57. The summed E-state index contributed by atoms with van der Waals surface area (Å²) in [6, 6.07) is 21.6. The molecule has 3 aromatic carbocycles. The number of carbonyl (C=O) groups is 2. The number of nitriles is 1. The van der Waals surface area contributed by atoms with E-state index in [1.54, 1.807) is 36.4 Å². The number of carbonyl (C=O) groups excluding carboxylic acids is 2. The Bertz CT molecular complexity index is 1160. The minimum absolute atomic E-state index is 0.00566. The number of anilines is 1. The monoisotopic (exact) mass is 427 g/mol. The van der Waals surface area contributed by atoms with Crippen molar-refractivity contribution in [1.29, 1.82) is 5.26 Å². The molecule has 1 aliphatic rings. The molecule has 1 saturated heterocycles. The average Bonchev–Trinajstić information content (AvgIpc) is 2.84. The number of rotatable bonds is 5. The van der Waals surface area contributed by atoms with E-state index < -0.39 is 5.82 Å². The smallest absolute Gasteiger partial charge is 0.252 e. The third kappa shape index (κ3) is 4.68. The first-order valence-corrected chi connectivity index (χ1v) is 10.5. The quantitative estimate of drug-likeness (QED) is 0.615. The minimum Gasteiger partial charge on any atom is -0.371 e. The van der Waals surface area contributed by atoms with E-state index in [0.717, 1.165) is 31.6 Å². The summed E-state index contributed by atoms with van der Waals surface area (Å²) in [5.74, 6) is -1.01. The molecule has 1 aliphatic heterocycles. The Labute approximate surface area is 186 Å². The van der Waals surface area contributed by atoms with Crippen molar-refractivity contribution in [3.63, 3.8) is 0 Å². The molecule has 1 heterocycles. The van der Waals surface area contributed by atoms with Crippen LogP contribution in [0.2, 0.25) is 0 Å². The molecule has 0 aromatic heterocycles. The molecule has 0 radical (unpaired) electrons. The summed E-state index contributed by atoms with van der Waals surface area (Å²) in [4.78, 5) is 28.1. The third-order valence-electron chi connectivity index (χ3n) is 5.71. The van der Waals surface area contributed by atoms with Crippen molar-refractivity contribution in [2.45, 2.75) is 18.9 Å². The molecule has 1 N–H and O–H groups in total. The van der Waals surface area contributed by atoms with Crippen molar-refractivity contribution < 1.29 is 14.0 Å². The fourth-order valence-electron chi connectivity index (χ4n) is 3.93. The van der Waals surface area contributed by atoms with E-state index in [2.05, 4.69) is 16.3 Å². The molecule has 0 saturated carbocycles. The van der Waals surface area contributed by atoms with E-state index in [-0.39, 0.29) is 17.7 Å². The van der Waals surface area contributed by atoms with Crippen LogP contribution in [0.4, 0.5) is 10.1 Å². The second-order valence-corrected chi connectivity index (χ2v) is 7.78. The van der Waals surface area contributed by atoms with Gasteiger partial charge in [0.25, 0.3) is 5.91 Å². The largest absolute Gasteiger partial charge is 0.371 e. The molecular formula is C26H22FN3O2. The average molecular weight is 427 g/mol. The predicted octanol–water partition coefficient (Wildman–Crippen LogP) is 4.33. The van der Waals surface area contributed by atoms with Crippen molar-refractivity contribution in [3.8, 4) is 6.07 Å². The molecule has 1 fully saturated rings. The van der Waals surface area contributed by atoms with Crippen LogP contribution in [-0.4, -0.2) is 30.8 Å². The predicted molar refractivity (Wildman–Crippen MR) is 120 cm³/mol. The molecule has 4 rings (SSSR count). The molecule has 6 heteroatoms. The van der Waals surface area contributed by atoms with Gasteiger partial charge in [0.1, 0.15) is 5.82 Å². The number of halogens is 1. The van der Waals surface area contributed by atoms with Crippen LogP contribution in [0.3, 0.4) is 0 Å². The van der Waals surface area contributed by atoms with E-state index in [1.165, 1.54) is 24.3 Å². The molecule has 0 atom stereocenters. The zero-order chi connectivity index (χ0) is 22.5. The van der Waals surface area contributed by atoms with Gasteiger partial charge in [-0.05, 0) is 67.4 Å². The van der Waals surface area contributed by atoms with Gasteiger partial charge in [-0.25, -0.2) is 4.39 Å². The number of hydrogen-bond donors (Lipinski definition) is 1. The number of piperidine rings is 1. The Morgan fingerprint density at radius 1 is 0.906 bits per heavy atom. The first kappa shape index (κ1) is 21.3. The number of nitrogens with one attached hydrogen (secondary N) is 1. The van der Waals surface area contributed by atoms with E-state index in [4.69, 9.17) is 5.26 Å². The van der Waals surface area contributed by atoms with Gasteiger partial charge in [0.05, 0.1) is 17.2 Å².